The topological polar surface area (TPSA) is 108 Å². The number of amides is 2. The third-order valence-electron chi connectivity index (χ3n) is 7.65. The van der Waals surface area contributed by atoms with Crippen molar-refractivity contribution in [1.29, 1.82) is 0 Å². The smallest absolute Gasteiger partial charge is 0.243 e. The number of rotatable bonds is 9. The molecule has 1 aliphatic heterocycles. The average molecular weight is 561 g/mol. The number of nitrogens with zero attached hydrogens (tertiary/aromatic N) is 1. The van der Waals surface area contributed by atoms with Gasteiger partial charge in [-0.2, -0.15) is 4.31 Å². The SMILES string of the molecule is Cc1ccc(S(=O)(=O)N2CCNC(=O)C2CC(=O)N[C@@H]2CCCc3cc(CNCc4ccccc4)ccc32)cc1. The summed E-state index contributed by atoms with van der Waals surface area (Å²) in [6, 6.07) is 21.9. The summed E-state index contributed by atoms with van der Waals surface area (Å²) in [5.74, 6) is -0.786. The van der Waals surface area contributed by atoms with Gasteiger partial charge < -0.3 is 16.0 Å². The molecule has 8 nitrogen and oxygen atoms in total. The molecule has 1 unspecified atom stereocenters. The molecule has 3 aromatic carbocycles. The van der Waals surface area contributed by atoms with Gasteiger partial charge in [0.25, 0.3) is 0 Å². The van der Waals surface area contributed by atoms with Crippen LogP contribution in [0.3, 0.4) is 0 Å². The molecule has 2 amide bonds. The summed E-state index contributed by atoms with van der Waals surface area (Å²) in [5.41, 5.74) is 5.67. The number of piperazine rings is 1. The lowest BCUT2D eigenvalue weighted by atomic mass is 9.86. The van der Waals surface area contributed by atoms with Crippen molar-refractivity contribution in [3.8, 4) is 0 Å². The second-order valence-electron chi connectivity index (χ2n) is 10.6. The first kappa shape index (κ1) is 28.0. The first-order chi connectivity index (χ1) is 19.3. The van der Waals surface area contributed by atoms with Crippen molar-refractivity contribution in [2.75, 3.05) is 13.1 Å². The molecule has 9 heteroatoms. The van der Waals surface area contributed by atoms with Crippen molar-refractivity contribution in [3.63, 3.8) is 0 Å². The van der Waals surface area contributed by atoms with Crippen molar-refractivity contribution >= 4 is 21.8 Å². The number of sulfonamides is 1. The summed E-state index contributed by atoms with van der Waals surface area (Å²) in [6.45, 7) is 3.75. The fourth-order valence-corrected chi connectivity index (χ4v) is 7.11. The van der Waals surface area contributed by atoms with Crippen LogP contribution < -0.4 is 16.0 Å². The molecule has 0 aromatic heterocycles. The molecule has 2 atom stereocenters. The van der Waals surface area contributed by atoms with Crippen molar-refractivity contribution < 1.29 is 18.0 Å². The minimum absolute atomic E-state index is 0.118. The van der Waals surface area contributed by atoms with Crippen LogP contribution in [0.25, 0.3) is 0 Å². The van der Waals surface area contributed by atoms with Crippen molar-refractivity contribution in [2.45, 2.75) is 62.7 Å². The van der Waals surface area contributed by atoms with E-state index in [1.165, 1.54) is 21.0 Å². The quantitative estimate of drug-likeness (QED) is 0.372. The monoisotopic (exact) mass is 560 g/mol. The van der Waals surface area contributed by atoms with Gasteiger partial charge in [0.05, 0.1) is 17.4 Å². The van der Waals surface area contributed by atoms with Crippen LogP contribution in [-0.4, -0.2) is 43.7 Å². The summed E-state index contributed by atoms with van der Waals surface area (Å²) in [5, 5.41) is 9.30. The molecule has 1 fully saturated rings. The van der Waals surface area contributed by atoms with E-state index in [9.17, 15) is 18.0 Å². The highest BCUT2D eigenvalue weighted by Crippen LogP contribution is 2.31. The van der Waals surface area contributed by atoms with Crippen LogP contribution >= 0.6 is 0 Å². The number of fused-ring (bicyclic) bond motifs is 1. The highest BCUT2D eigenvalue weighted by atomic mass is 32.2. The molecule has 210 valence electrons. The Morgan fingerprint density at radius 3 is 2.52 bits per heavy atom. The lowest BCUT2D eigenvalue weighted by Gasteiger charge is -2.34. The first-order valence-corrected chi connectivity index (χ1v) is 15.3. The molecule has 3 N–H and O–H groups in total. The summed E-state index contributed by atoms with van der Waals surface area (Å²) >= 11 is 0. The van der Waals surface area contributed by atoms with Crippen molar-refractivity contribution in [3.05, 3.63) is 101 Å². The maximum absolute atomic E-state index is 13.4. The predicted octanol–water partition coefficient (Wildman–Crippen LogP) is 3.36. The van der Waals surface area contributed by atoms with Crippen LogP contribution in [0.1, 0.15) is 53.1 Å². The number of carbonyl (C=O) groups is 2. The molecule has 0 saturated carbocycles. The van der Waals surface area contributed by atoms with E-state index in [-0.39, 0.29) is 36.4 Å². The number of nitrogens with one attached hydrogen (secondary N) is 3. The van der Waals surface area contributed by atoms with Gasteiger partial charge in [0.15, 0.2) is 0 Å². The first-order valence-electron chi connectivity index (χ1n) is 13.8. The minimum Gasteiger partial charge on any atom is -0.353 e. The van der Waals surface area contributed by atoms with Crippen LogP contribution in [0.15, 0.2) is 77.7 Å². The van der Waals surface area contributed by atoms with Crippen LogP contribution in [0, 0.1) is 6.92 Å². The molecular weight excluding hydrogens is 524 g/mol. The second kappa shape index (κ2) is 12.3. The summed E-state index contributed by atoms with van der Waals surface area (Å²) in [7, 11) is -3.93. The normalized spacial score (nSPS) is 19.5. The molecule has 0 spiro atoms. The number of hydrogen-bond acceptors (Lipinski definition) is 5. The maximum Gasteiger partial charge on any atom is 0.243 e. The Kier molecular flexibility index (Phi) is 8.63. The zero-order chi connectivity index (χ0) is 28.1. The predicted molar refractivity (Wildman–Crippen MR) is 154 cm³/mol. The van der Waals surface area contributed by atoms with E-state index in [1.807, 2.05) is 25.1 Å². The molecular formula is C31H36N4O4S. The van der Waals surface area contributed by atoms with Gasteiger partial charge in [0.2, 0.25) is 21.8 Å². The Labute approximate surface area is 236 Å². The van der Waals surface area contributed by atoms with E-state index < -0.39 is 22.0 Å². The average Bonchev–Trinajstić information content (AvgIpc) is 2.95. The van der Waals surface area contributed by atoms with Gasteiger partial charge in [-0.15, -0.1) is 0 Å². The molecule has 0 radical (unpaired) electrons. The Bertz CT molecular complexity index is 1460. The number of aryl methyl sites for hydroxylation is 2. The zero-order valence-electron chi connectivity index (χ0n) is 22.7. The van der Waals surface area contributed by atoms with Gasteiger partial charge in [-0.1, -0.05) is 66.2 Å². The van der Waals surface area contributed by atoms with Gasteiger partial charge in [-0.3, -0.25) is 9.59 Å². The zero-order valence-corrected chi connectivity index (χ0v) is 23.5. The lowest BCUT2D eigenvalue weighted by Crippen LogP contribution is -2.58. The molecule has 2 aliphatic rings. The number of carbonyl (C=O) groups excluding carboxylic acids is 2. The Hall–Kier alpha value is -3.53. The highest BCUT2D eigenvalue weighted by molar-refractivity contribution is 7.89. The van der Waals surface area contributed by atoms with E-state index >= 15 is 0 Å². The van der Waals surface area contributed by atoms with E-state index in [0.717, 1.165) is 43.5 Å². The van der Waals surface area contributed by atoms with Gasteiger partial charge in [-0.05, 0) is 60.6 Å². The van der Waals surface area contributed by atoms with Crippen LogP contribution in [0.2, 0.25) is 0 Å². The highest BCUT2D eigenvalue weighted by Gasteiger charge is 2.40. The molecule has 3 aromatic rings. The van der Waals surface area contributed by atoms with Crippen LogP contribution in [0.4, 0.5) is 0 Å². The Balaban J connectivity index is 1.24. The Morgan fingerprint density at radius 1 is 1.00 bits per heavy atom. The van der Waals surface area contributed by atoms with Crippen molar-refractivity contribution in [1.82, 2.24) is 20.3 Å². The Morgan fingerprint density at radius 2 is 1.75 bits per heavy atom. The molecule has 1 saturated heterocycles. The lowest BCUT2D eigenvalue weighted by molar-refractivity contribution is -0.132. The summed E-state index contributed by atoms with van der Waals surface area (Å²) in [4.78, 5) is 26.1. The fourth-order valence-electron chi connectivity index (χ4n) is 5.53. The second-order valence-corrected chi connectivity index (χ2v) is 12.5. The van der Waals surface area contributed by atoms with E-state index in [2.05, 4.69) is 46.3 Å². The largest absolute Gasteiger partial charge is 0.353 e. The summed E-state index contributed by atoms with van der Waals surface area (Å²) in [6.07, 6.45) is 2.45. The maximum atomic E-state index is 13.4. The third kappa shape index (κ3) is 6.43. The van der Waals surface area contributed by atoms with Gasteiger partial charge in [-0.25, -0.2) is 8.42 Å². The minimum atomic E-state index is -3.93. The number of benzene rings is 3. The molecule has 5 rings (SSSR count). The van der Waals surface area contributed by atoms with Gasteiger partial charge in [0, 0.05) is 26.2 Å². The van der Waals surface area contributed by atoms with Crippen LogP contribution in [0.5, 0.6) is 0 Å². The molecule has 40 heavy (non-hydrogen) atoms. The van der Waals surface area contributed by atoms with Gasteiger partial charge in [0.1, 0.15) is 6.04 Å². The third-order valence-corrected chi connectivity index (χ3v) is 9.57. The van der Waals surface area contributed by atoms with Crippen LogP contribution in [-0.2, 0) is 39.1 Å². The van der Waals surface area contributed by atoms with E-state index in [4.69, 9.17) is 0 Å². The summed E-state index contributed by atoms with van der Waals surface area (Å²) < 4.78 is 27.9. The van der Waals surface area contributed by atoms with E-state index in [0.29, 0.717) is 0 Å². The fraction of sp³-hybridized carbons (Fsp3) is 0.355. The number of hydrogen-bond donors (Lipinski definition) is 3. The standard InChI is InChI=1S/C31H36N4O4S/c1-22-10-13-26(14-11-22)40(38,39)35-17-16-33-31(37)29(35)19-30(36)34-28-9-5-8-25-18-24(12-15-27(25)28)21-32-20-23-6-3-2-4-7-23/h2-4,6-7,10-15,18,28-29,32H,5,8-9,16-17,19-21H2,1H3,(H,33,37)(H,34,36)/t28-,29?/m1/s1. The van der Waals surface area contributed by atoms with Crippen molar-refractivity contribution in [2.24, 2.45) is 0 Å². The van der Waals surface area contributed by atoms with Gasteiger partial charge >= 0.3 is 0 Å². The van der Waals surface area contributed by atoms with E-state index in [1.54, 1.807) is 24.3 Å². The molecule has 1 heterocycles. The molecule has 0 bridgehead atoms. The molecule has 1 aliphatic carbocycles.